The van der Waals surface area contributed by atoms with E-state index in [0.717, 1.165) is 30.6 Å². The van der Waals surface area contributed by atoms with E-state index in [1.807, 2.05) is 31.2 Å². The zero-order valence-corrected chi connectivity index (χ0v) is 14.5. The molecule has 2 aromatic rings. The molecule has 0 saturated heterocycles. The molecule has 0 aliphatic heterocycles. The largest absolute Gasteiger partial charge is 0.342 e. The molecular formula is C20H24N2O2. The van der Waals surface area contributed by atoms with E-state index in [1.165, 1.54) is 0 Å². The minimum atomic E-state index is -0.178. The standard InChI is InChI=1S/C20H24N2O2/c1-4-5-14-22(3)20(24)17-12-10-16(11-13-17)19(23)21-18-9-7-6-8-15(18)2/h6-13H,4-5,14H2,1-3H3,(H,21,23). The smallest absolute Gasteiger partial charge is 0.255 e. The SMILES string of the molecule is CCCCN(C)C(=O)c1ccc(C(=O)Nc2ccccc2C)cc1. The van der Waals surface area contributed by atoms with Crippen LogP contribution in [0.4, 0.5) is 5.69 Å². The summed E-state index contributed by atoms with van der Waals surface area (Å²) >= 11 is 0. The van der Waals surface area contributed by atoms with Crippen molar-refractivity contribution < 1.29 is 9.59 Å². The molecule has 0 unspecified atom stereocenters. The molecule has 0 saturated carbocycles. The van der Waals surface area contributed by atoms with E-state index in [2.05, 4.69) is 12.2 Å². The Bertz CT molecular complexity index is 708. The summed E-state index contributed by atoms with van der Waals surface area (Å²) in [6, 6.07) is 14.4. The molecule has 0 aliphatic carbocycles. The number of aryl methyl sites for hydroxylation is 1. The van der Waals surface area contributed by atoms with Crippen LogP contribution >= 0.6 is 0 Å². The molecule has 1 N–H and O–H groups in total. The van der Waals surface area contributed by atoms with Crippen molar-refractivity contribution >= 4 is 17.5 Å². The van der Waals surface area contributed by atoms with Gasteiger partial charge in [-0.2, -0.15) is 0 Å². The Kier molecular flexibility index (Phi) is 6.13. The average Bonchev–Trinajstić information content (AvgIpc) is 2.61. The molecular weight excluding hydrogens is 300 g/mol. The maximum Gasteiger partial charge on any atom is 0.255 e. The van der Waals surface area contributed by atoms with Gasteiger partial charge in [-0.25, -0.2) is 0 Å². The first-order valence-corrected chi connectivity index (χ1v) is 8.25. The lowest BCUT2D eigenvalue weighted by Crippen LogP contribution is -2.27. The molecule has 0 spiro atoms. The van der Waals surface area contributed by atoms with Crippen molar-refractivity contribution in [1.82, 2.24) is 4.90 Å². The minimum absolute atomic E-state index is 0.0192. The van der Waals surface area contributed by atoms with Crippen LogP contribution in [0.5, 0.6) is 0 Å². The number of hydrogen-bond donors (Lipinski definition) is 1. The van der Waals surface area contributed by atoms with Gasteiger partial charge in [-0.15, -0.1) is 0 Å². The maximum absolute atomic E-state index is 12.3. The summed E-state index contributed by atoms with van der Waals surface area (Å²) in [6.45, 7) is 4.79. The number of para-hydroxylation sites is 1. The van der Waals surface area contributed by atoms with Crippen molar-refractivity contribution in [1.29, 1.82) is 0 Å². The zero-order valence-electron chi connectivity index (χ0n) is 14.5. The third-order valence-electron chi connectivity index (χ3n) is 3.98. The number of carbonyl (C=O) groups is 2. The fourth-order valence-corrected chi connectivity index (χ4v) is 2.39. The molecule has 0 heterocycles. The van der Waals surface area contributed by atoms with Crippen LogP contribution in [0.2, 0.25) is 0 Å². The van der Waals surface area contributed by atoms with E-state index in [9.17, 15) is 9.59 Å². The quantitative estimate of drug-likeness (QED) is 0.869. The van der Waals surface area contributed by atoms with Gasteiger partial charge in [0.15, 0.2) is 0 Å². The van der Waals surface area contributed by atoms with Gasteiger partial charge in [0.25, 0.3) is 11.8 Å². The number of rotatable bonds is 6. The monoisotopic (exact) mass is 324 g/mol. The molecule has 2 aromatic carbocycles. The summed E-state index contributed by atoms with van der Waals surface area (Å²) < 4.78 is 0. The van der Waals surface area contributed by atoms with Crippen LogP contribution in [0.1, 0.15) is 46.0 Å². The molecule has 24 heavy (non-hydrogen) atoms. The Balaban J connectivity index is 2.05. The van der Waals surface area contributed by atoms with E-state index >= 15 is 0 Å². The molecule has 4 nitrogen and oxygen atoms in total. The summed E-state index contributed by atoms with van der Waals surface area (Å²) in [7, 11) is 1.80. The van der Waals surface area contributed by atoms with Crippen LogP contribution in [0.3, 0.4) is 0 Å². The summed E-state index contributed by atoms with van der Waals surface area (Å²) in [6.07, 6.45) is 2.04. The fourth-order valence-electron chi connectivity index (χ4n) is 2.39. The lowest BCUT2D eigenvalue weighted by Gasteiger charge is -2.16. The van der Waals surface area contributed by atoms with Gasteiger partial charge < -0.3 is 10.2 Å². The highest BCUT2D eigenvalue weighted by Crippen LogP contribution is 2.15. The van der Waals surface area contributed by atoms with Gasteiger partial charge in [-0.05, 0) is 49.2 Å². The van der Waals surface area contributed by atoms with Crippen LogP contribution in [-0.4, -0.2) is 30.3 Å². The molecule has 0 atom stereocenters. The van der Waals surface area contributed by atoms with Gasteiger partial charge in [-0.3, -0.25) is 9.59 Å². The van der Waals surface area contributed by atoms with Gasteiger partial charge in [0.05, 0.1) is 0 Å². The van der Waals surface area contributed by atoms with Crippen molar-refractivity contribution in [3.05, 3.63) is 65.2 Å². The normalized spacial score (nSPS) is 10.3. The van der Waals surface area contributed by atoms with E-state index in [0.29, 0.717) is 11.1 Å². The Hall–Kier alpha value is -2.62. The predicted molar refractivity (Wildman–Crippen MR) is 97.4 cm³/mol. The molecule has 2 rings (SSSR count). The maximum atomic E-state index is 12.3. The lowest BCUT2D eigenvalue weighted by molar-refractivity contribution is 0.0792. The van der Waals surface area contributed by atoms with Crippen molar-refractivity contribution in [2.24, 2.45) is 0 Å². The van der Waals surface area contributed by atoms with Crippen molar-refractivity contribution in [2.75, 3.05) is 18.9 Å². The zero-order chi connectivity index (χ0) is 17.5. The van der Waals surface area contributed by atoms with E-state index in [4.69, 9.17) is 0 Å². The van der Waals surface area contributed by atoms with Crippen molar-refractivity contribution in [2.45, 2.75) is 26.7 Å². The molecule has 0 aliphatic rings. The number of carbonyl (C=O) groups excluding carboxylic acids is 2. The van der Waals surface area contributed by atoms with Gasteiger partial charge in [0.2, 0.25) is 0 Å². The molecule has 126 valence electrons. The van der Waals surface area contributed by atoms with Gasteiger partial charge >= 0.3 is 0 Å². The summed E-state index contributed by atoms with van der Waals surface area (Å²) in [5.41, 5.74) is 2.93. The fraction of sp³-hybridized carbons (Fsp3) is 0.300. The van der Waals surface area contributed by atoms with Crippen LogP contribution in [-0.2, 0) is 0 Å². The van der Waals surface area contributed by atoms with E-state index in [1.54, 1.807) is 36.2 Å². The second-order valence-electron chi connectivity index (χ2n) is 5.93. The average molecular weight is 324 g/mol. The van der Waals surface area contributed by atoms with Crippen molar-refractivity contribution in [3.63, 3.8) is 0 Å². The number of benzene rings is 2. The second-order valence-corrected chi connectivity index (χ2v) is 5.93. The third-order valence-corrected chi connectivity index (χ3v) is 3.98. The Morgan fingerprint density at radius 2 is 1.62 bits per heavy atom. The van der Waals surface area contributed by atoms with Gasteiger partial charge in [0.1, 0.15) is 0 Å². The van der Waals surface area contributed by atoms with Crippen molar-refractivity contribution in [3.8, 4) is 0 Å². The first-order valence-electron chi connectivity index (χ1n) is 8.25. The highest BCUT2D eigenvalue weighted by molar-refractivity contribution is 6.05. The number of nitrogens with one attached hydrogen (secondary N) is 1. The number of amides is 2. The first kappa shape index (κ1) is 17.7. The minimum Gasteiger partial charge on any atom is -0.342 e. The highest BCUT2D eigenvalue weighted by Gasteiger charge is 2.13. The second kappa shape index (κ2) is 8.29. The summed E-state index contributed by atoms with van der Waals surface area (Å²) in [5, 5.41) is 2.89. The number of nitrogens with zero attached hydrogens (tertiary/aromatic N) is 1. The number of hydrogen-bond acceptors (Lipinski definition) is 2. The van der Waals surface area contributed by atoms with Crippen LogP contribution in [0.15, 0.2) is 48.5 Å². The Labute approximate surface area is 143 Å². The predicted octanol–water partition coefficient (Wildman–Crippen LogP) is 4.12. The molecule has 0 aromatic heterocycles. The van der Waals surface area contributed by atoms with Gasteiger partial charge in [-0.1, -0.05) is 31.5 Å². The molecule has 0 radical (unpaired) electrons. The van der Waals surface area contributed by atoms with Crippen LogP contribution in [0.25, 0.3) is 0 Å². The highest BCUT2D eigenvalue weighted by atomic mass is 16.2. The molecule has 4 heteroatoms. The van der Waals surface area contributed by atoms with E-state index in [-0.39, 0.29) is 11.8 Å². The molecule has 0 fully saturated rings. The number of unbranched alkanes of at least 4 members (excludes halogenated alkanes) is 1. The Morgan fingerprint density at radius 3 is 2.25 bits per heavy atom. The van der Waals surface area contributed by atoms with Crippen LogP contribution < -0.4 is 5.32 Å². The molecule has 2 amide bonds. The van der Waals surface area contributed by atoms with Crippen LogP contribution in [0, 0.1) is 6.92 Å². The summed E-state index contributed by atoms with van der Waals surface area (Å²) in [5.74, 6) is -0.197. The van der Waals surface area contributed by atoms with E-state index < -0.39 is 0 Å². The number of anilines is 1. The summed E-state index contributed by atoms with van der Waals surface area (Å²) in [4.78, 5) is 26.3. The third kappa shape index (κ3) is 4.44. The Morgan fingerprint density at radius 1 is 1.00 bits per heavy atom. The van der Waals surface area contributed by atoms with Gasteiger partial charge in [0, 0.05) is 30.4 Å². The lowest BCUT2D eigenvalue weighted by atomic mass is 10.1. The first-order chi connectivity index (χ1) is 11.5. The molecule has 0 bridgehead atoms. The topological polar surface area (TPSA) is 49.4 Å².